The minimum atomic E-state index is -0.175. The molecule has 0 aromatic rings. The van der Waals surface area contributed by atoms with Gasteiger partial charge in [0.05, 0.1) is 12.5 Å². The quantitative estimate of drug-likeness (QED) is 0.122. The summed E-state index contributed by atoms with van der Waals surface area (Å²) in [5, 5.41) is 0. The molecule has 0 saturated carbocycles. The molecule has 186 valence electrons. The Balaban J connectivity index is 3.41. The van der Waals surface area contributed by atoms with Crippen LogP contribution in [0, 0.1) is 5.92 Å². The van der Waals surface area contributed by atoms with Gasteiger partial charge in [-0.3, -0.25) is 4.79 Å². The van der Waals surface area contributed by atoms with E-state index in [-0.39, 0.29) is 18.0 Å². The monoisotopic (exact) mass is 441 g/mol. The average Bonchev–Trinajstić information content (AvgIpc) is 2.72. The Morgan fingerprint density at radius 3 is 1.52 bits per heavy atom. The minimum Gasteiger partial charge on any atom is -0.458 e. The Morgan fingerprint density at radius 1 is 0.710 bits per heavy atom. The van der Waals surface area contributed by atoms with Crippen molar-refractivity contribution >= 4 is 5.97 Å². The van der Waals surface area contributed by atoms with Crippen LogP contribution in [0.2, 0.25) is 0 Å². The van der Waals surface area contributed by atoms with Crippen molar-refractivity contribution in [3.63, 3.8) is 0 Å². The lowest BCUT2D eigenvalue weighted by Gasteiger charge is -2.22. The standard InChI is InChI=1S/C27H55NO3/c1-6-7-8-9-10-11-12-13-14-15-16-17-18-19-20-21-22-30-24-26(23-28(4)5)31-27(29)25(2)3/h25-26H,6-24H2,1-5H3. The molecule has 0 saturated heterocycles. The van der Waals surface area contributed by atoms with E-state index in [1.807, 2.05) is 32.8 Å². The number of carbonyl (C=O) groups excluding carboxylic acids is 1. The Morgan fingerprint density at radius 2 is 1.13 bits per heavy atom. The fourth-order valence-corrected chi connectivity index (χ4v) is 3.80. The number of ether oxygens (including phenoxy) is 2. The molecule has 0 fully saturated rings. The first-order valence-corrected chi connectivity index (χ1v) is 13.4. The van der Waals surface area contributed by atoms with Gasteiger partial charge in [0, 0.05) is 13.2 Å². The fourth-order valence-electron chi connectivity index (χ4n) is 3.80. The van der Waals surface area contributed by atoms with Crippen molar-refractivity contribution in [2.45, 2.75) is 130 Å². The Labute approximate surface area is 194 Å². The van der Waals surface area contributed by atoms with Crippen molar-refractivity contribution in [1.82, 2.24) is 4.90 Å². The molecule has 31 heavy (non-hydrogen) atoms. The van der Waals surface area contributed by atoms with Crippen LogP contribution in [0.5, 0.6) is 0 Å². The topological polar surface area (TPSA) is 38.8 Å². The fraction of sp³-hybridized carbons (Fsp3) is 0.963. The maximum atomic E-state index is 11.8. The molecule has 0 aromatic carbocycles. The van der Waals surface area contributed by atoms with Gasteiger partial charge in [0.1, 0.15) is 6.10 Å². The van der Waals surface area contributed by atoms with Crippen LogP contribution in [0.3, 0.4) is 0 Å². The highest BCUT2D eigenvalue weighted by molar-refractivity contribution is 5.71. The predicted molar refractivity (Wildman–Crippen MR) is 134 cm³/mol. The highest BCUT2D eigenvalue weighted by Crippen LogP contribution is 2.13. The summed E-state index contributed by atoms with van der Waals surface area (Å²) in [7, 11) is 3.98. The van der Waals surface area contributed by atoms with Crippen LogP contribution in [0.4, 0.5) is 0 Å². The molecule has 0 aromatic heterocycles. The van der Waals surface area contributed by atoms with Crippen molar-refractivity contribution in [3.8, 4) is 0 Å². The third-order valence-corrected chi connectivity index (χ3v) is 5.77. The molecule has 0 N–H and O–H groups in total. The Hall–Kier alpha value is -0.610. The van der Waals surface area contributed by atoms with Gasteiger partial charge in [-0.1, -0.05) is 117 Å². The van der Waals surface area contributed by atoms with E-state index in [2.05, 4.69) is 6.92 Å². The number of likely N-dealkylation sites (N-methyl/N-ethyl adjacent to an activating group) is 1. The Bertz CT molecular complexity index is 385. The molecule has 0 bridgehead atoms. The van der Waals surface area contributed by atoms with E-state index < -0.39 is 0 Å². The van der Waals surface area contributed by atoms with Crippen LogP contribution in [0.1, 0.15) is 124 Å². The smallest absolute Gasteiger partial charge is 0.308 e. The lowest BCUT2D eigenvalue weighted by molar-refractivity contribution is -0.156. The SMILES string of the molecule is CCCCCCCCCCCCCCCCCCOCC(CN(C)C)OC(=O)C(C)C. The summed E-state index contributed by atoms with van der Waals surface area (Å²) in [6, 6.07) is 0. The molecule has 0 spiro atoms. The largest absolute Gasteiger partial charge is 0.458 e. The zero-order valence-corrected chi connectivity index (χ0v) is 21.8. The van der Waals surface area contributed by atoms with Gasteiger partial charge in [-0.15, -0.1) is 0 Å². The molecular weight excluding hydrogens is 386 g/mol. The van der Waals surface area contributed by atoms with Crippen molar-refractivity contribution in [1.29, 1.82) is 0 Å². The number of unbranched alkanes of at least 4 members (excludes halogenated alkanes) is 15. The predicted octanol–water partition coefficient (Wildman–Crippen LogP) is 7.39. The normalized spacial score (nSPS) is 12.6. The first kappa shape index (κ1) is 30.4. The van der Waals surface area contributed by atoms with Gasteiger partial charge in [-0.05, 0) is 20.5 Å². The van der Waals surface area contributed by atoms with E-state index in [0.29, 0.717) is 13.2 Å². The first-order valence-electron chi connectivity index (χ1n) is 13.4. The van der Waals surface area contributed by atoms with E-state index in [9.17, 15) is 4.79 Å². The molecule has 1 atom stereocenters. The van der Waals surface area contributed by atoms with E-state index in [1.54, 1.807) is 0 Å². The third-order valence-electron chi connectivity index (χ3n) is 5.77. The summed E-state index contributed by atoms with van der Waals surface area (Å²) in [5.74, 6) is -0.233. The molecule has 0 radical (unpaired) electrons. The van der Waals surface area contributed by atoms with Gasteiger partial charge in [-0.2, -0.15) is 0 Å². The van der Waals surface area contributed by atoms with Crippen molar-refractivity contribution in [3.05, 3.63) is 0 Å². The molecule has 0 aliphatic carbocycles. The molecule has 0 aliphatic heterocycles. The summed E-state index contributed by atoms with van der Waals surface area (Å²) in [6.45, 7) is 7.99. The molecule has 1 unspecified atom stereocenters. The zero-order chi connectivity index (χ0) is 23.2. The summed E-state index contributed by atoms with van der Waals surface area (Å²) in [6.07, 6.45) is 21.9. The van der Waals surface area contributed by atoms with E-state index in [1.165, 1.54) is 96.3 Å². The van der Waals surface area contributed by atoms with Crippen molar-refractivity contribution < 1.29 is 14.3 Å². The van der Waals surface area contributed by atoms with Gasteiger partial charge in [0.25, 0.3) is 0 Å². The van der Waals surface area contributed by atoms with Gasteiger partial charge in [0.15, 0.2) is 0 Å². The van der Waals surface area contributed by atoms with Crippen LogP contribution < -0.4 is 0 Å². The summed E-state index contributed by atoms with van der Waals surface area (Å²) in [4.78, 5) is 13.9. The molecule has 0 amide bonds. The first-order chi connectivity index (χ1) is 15.0. The maximum Gasteiger partial charge on any atom is 0.308 e. The molecule has 4 heteroatoms. The molecule has 0 rings (SSSR count). The van der Waals surface area contributed by atoms with Crippen LogP contribution in [-0.2, 0) is 14.3 Å². The Kier molecular flexibility index (Phi) is 22.1. The van der Waals surface area contributed by atoms with Crippen LogP contribution in [0.25, 0.3) is 0 Å². The third kappa shape index (κ3) is 22.4. The molecule has 0 heterocycles. The van der Waals surface area contributed by atoms with Gasteiger partial charge < -0.3 is 14.4 Å². The number of carbonyl (C=O) groups is 1. The summed E-state index contributed by atoms with van der Waals surface area (Å²) < 4.78 is 11.3. The van der Waals surface area contributed by atoms with E-state index >= 15 is 0 Å². The highest BCUT2D eigenvalue weighted by atomic mass is 16.6. The molecular formula is C27H55NO3. The lowest BCUT2D eigenvalue weighted by atomic mass is 10.0. The number of esters is 1. The second-order valence-corrected chi connectivity index (χ2v) is 9.85. The number of rotatable bonds is 23. The number of hydrogen-bond donors (Lipinski definition) is 0. The summed E-state index contributed by atoms with van der Waals surface area (Å²) >= 11 is 0. The van der Waals surface area contributed by atoms with E-state index in [0.717, 1.165) is 13.0 Å². The van der Waals surface area contributed by atoms with Crippen LogP contribution in [-0.4, -0.2) is 50.8 Å². The average molecular weight is 442 g/mol. The van der Waals surface area contributed by atoms with Gasteiger partial charge >= 0.3 is 5.97 Å². The van der Waals surface area contributed by atoms with Crippen molar-refractivity contribution in [2.75, 3.05) is 33.9 Å². The molecule has 0 aliphatic rings. The second-order valence-electron chi connectivity index (χ2n) is 9.85. The minimum absolute atomic E-state index is 0.0926. The summed E-state index contributed by atoms with van der Waals surface area (Å²) in [5.41, 5.74) is 0. The van der Waals surface area contributed by atoms with E-state index in [4.69, 9.17) is 9.47 Å². The zero-order valence-electron chi connectivity index (χ0n) is 21.8. The van der Waals surface area contributed by atoms with Crippen molar-refractivity contribution in [2.24, 2.45) is 5.92 Å². The van der Waals surface area contributed by atoms with Gasteiger partial charge in [0.2, 0.25) is 0 Å². The van der Waals surface area contributed by atoms with Crippen LogP contribution in [0.15, 0.2) is 0 Å². The van der Waals surface area contributed by atoms with Crippen LogP contribution >= 0.6 is 0 Å². The van der Waals surface area contributed by atoms with Gasteiger partial charge in [-0.25, -0.2) is 0 Å². The molecule has 4 nitrogen and oxygen atoms in total. The second kappa shape index (κ2) is 22.6. The number of hydrogen-bond acceptors (Lipinski definition) is 4. The number of nitrogens with zero attached hydrogens (tertiary/aromatic N) is 1. The lowest BCUT2D eigenvalue weighted by Crippen LogP contribution is -2.35. The maximum absolute atomic E-state index is 11.8. The highest BCUT2D eigenvalue weighted by Gasteiger charge is 2.18.